The number of nitrogens with one attached hydrogen (secondary N) is 3. The van der Waals surface area contributed by atoms with Crippen molar-refractivity contribution < 1.29 is 14.3 Å². The number of piperidine rings is 1. The smallest absolute Gasteiger partial charge is 0.251 e. The van der Waals surface area contributed by atoms with Gasteiger partial charge in [0, 0.05) is 31.0 Å². The maximum absolute atomic E-state index is 12.9. The molecule has 1 aliphatic heterocycles. The maximum atomic E-state index is 12.9. The van der Waals surface area contributed by atoms with Gasteiger partial charge in [-0.15, -0.1) is 0 Å². The SMILES string of the molecule is COc1ccc(C(=O)NCCNC(=O)C2(n3cccn3)CCNCC2)cc1. The molecule has 2 heterocycles. The number of rotatable bonds is 7. The number of aromatic nitrogens is 2. The molecule has 0 unspecified atom stereocenters. The van der Waals surface area contributed by atoms with E-state index in [1.165, 1.54) is 0 Å². The summed E-state index contributed by atoms with van der Waals surface area (Å²) in [4.78, 5) is 25.0. The van der Waals surface area contributed by atoms with Crippen molar-refractivity contribution in [3.63, 3.8) is 0 Å². The van der Waals surface area contributed by atoms with Crippen molar-refractivity contribution in [2.45, 2.75) is 18.4 Å². The van der Waals surface area contributed by atoms with E-state index in [9.17, 15) is 9.59 Å². The third-order valence-electron chi connectivity index (χ3n) is 4.84. The standard InChI is InChI=1S/C19H25N5O3/c1-27-16-5-3-15(4-6-16)17(25)21-12-13-22-18(26)19(7-10-20-11-8-19)24-14-2-9-23-24/h2-6,9,14,20H,7-8,10-13H2,1H3,(H,21,25)(H,22,26). The minimum atomic E-state index is -0.672. The van der Waals surface area contributed by atoms with E-state index >= 15 is 0 Å². The zero-order valence-electron chi connectivity index (χ0n) is 15.4. The second kappa shape index (κ2) is 8.68. The molecule has 0 bridgehead atoms. The second-order valence-corrected chi connectivity index (χ2v) is 6.47. The summed E-state index contributed by atoms with van der Waals surface area (Å²) in [5.74, 6) is 0.451. The largest absolute Gasteiger partial charge is 0.497 e. The first kappa shape index (κ1) is 18.9. The fourth-order valence-electron chi connectivity index (χ4n) is 3.28. The van der Waals surface area contributed by atoms with E-state index in [0.717, 1.165) is 13.1 Å². The van der Waals surface area contributed by atoms with Gasteiger partial charge in [0.05, 0.1) is 7.11 Å². The molecule has 8 nitrogen and oxygen atoms in total. The summed E-state index contributed by atoms with van der Waals surface area (Å²) >= 11 is 0. The van der Waals surface area contributed by atoms with Crippen LogP contribution in [0.4, 0.5) is 0 Å². The quantitative estimate of drug-likeness (QED) is 0.617. The molecule has 1 aromatic carbocycles. The molecule has 8 heteroatoms. The topological polar surface area (TPSA) is 97.3 Å². The van der Waals surface area contributed by atoms with Gasteiger partial charge < -0.3 is 20.7 Å². The molecule has 3 N–H and O–H groups in total. The van der Waals surface area contributed by atoms with E-state index in [1.54, 1.807) is 42.3 Å². The van der Waals surface area contributed by atoms with E-state index in [4.69, 9.17) is 4.74 Å². The summed E-state index contributed by atoms with van der Waals surface area (Å²) in [7, 11) is 1.58. The van der Waals surface area contributed by atoms with Gasteiger partial charge in [0.1, 0.15) is 11.3 Å². The number of nitrogens with zero attached hydrogens (tertiary/aromatic N) is 2. The first-order valence-electron chi connectivity index (χ1n) is 9.07. The Balaban J connectivity index is 1.51. The molecule has 27 heavy (non-hydrogen) atoms. The number of methoxy groups -OCH3 is 1. The van der Waals surface area contributed by atoms with Gasteiger partial charge in [-0.05, 0) is 56.3 Å². The molecule has 1 saturated heterocycles. The lowest BCUT2D eigenvalue weighted by molar-refractivity contribution is -0.131. The van der Waals surface area contributed by atoms with Crippen LogP contribution in [-0.4, -0.2) is 54.9 Å². The molecule has 1 fully saturated rings. The highest BCUT2D eigenvalue weighted by atomic mass is 16.5. The molecule has 144 valence electrons. The number of hydrogen-bond donors (Lipinski definition) is 3. The van der Waals surface area contributed by atoms with Gasteiger partial charge in [-0.3, -0.25) is 14.3 Å². The van der Waals surface area contributed by atoms with Gasteiger partial charge in [-0.25, -0.2) is 0 Å². The van der Waals surface area contributed by atoms with E-state index < -0.39 is 5.54 Å². The van der Waals surface area contributed by atoms with E-state index in [1.807, 2.05) is 12.3 Å². The van der Waals surface area contributed by atoms with Crippen molar-refractivity contribution in [2.24, 2.45) is 0 Å². The van der Waals surface area contributed by atoms with Crippen LogP contribution in [0, 0.1) is 0 Å². The lowest BCUT2D eigenvalue weighted by Gasteiger charge is -2.36. The Hall–Kier alpha value is -2.87. The van der Waals surface area contributed by atoms with Gasteiger partial charge in [0.15, 0.2) is 0 Å². The van der Waals surface area contributed by atoms with Gasteiger partial charge in [0.2, 0.25) is 5.91 Å². The molecule has 0 radical (unpaired) electrons. The highest BCUT2D eigenvalue weighted by Gasteiger charge is 2.41. The first-order chi connectivity index (χ1) is 13.2. The van der Waals surface area contributed by atoms with Crippen molar-refractivity contribution in [1.29, 1.82) is 0 Å². The lowest BCUT2D eigenvalue weighted by Crippen LogP contribution is -2.55. The van der Waals surface area contributed by atoms with Gasteiger partial charge in [0.25, 0.3) is 5.91 Å². The zero-order chi connectivity index (χ0) is 19.1. The molecule has 2 aromatic rings. The van der Waals surface area contributed by atoms with Crippen molar-refractivity contribution in [3.05, 3.63) is 48.3 Å². The second-order valence-electron chi connectivity index (χ2n) is 6.47. The molecular formula is C19H25N5O3. The van der Waals surface area contributed by atoms with Crippen LogP contribution in [0.5, 0.6) is 5.75 Å². The van der Waals surface area contributed by atoms with E-state index in [2.05, 4.69) is 21.0 Å². The molecule has 0 saturated carbocycles. The van der Waals surface area contributed by atoms with E-state index in [-0.39, 0.29) is 11.8 Å². The number of benzene rings is 1. The maximum Gasteiger partial charge on any atom is 0.251 e. The van der Waals surface area contributed by atoms with Crippen LogP contribution in [0.3, 0.4) is 0 Å². The molecule has 0 aliphatic carbocycles. The summed E-state index contributed by atoms with van der Waals surface area (Å²) in [6.07, 6.45) is 4.87. The van der Waals surface area contributed by atoms with Gasteiger partial charge in [-0.1, -0.05) is 0 Å². The van der Waals surface area contributed by atoms with Crippen LogP contribution in [0.25, 0.3) is 0 Å². The Bertz CT molecular complexity index is 752. The molecule has 1 aromatic heterocycles. The summed E-state index contributed by atoms with van der Waals surface area (Å²) in [5.41, 5.74) is -0.122. The van der Waals surface area contributed by atoms with Crippen LogP contribution >= 0.6 is 0 Å². The van der Waals surface area contributed by atoms with Crippen molar-refractivity contribution >= 4 is 11.8 Å². The van der Waals surface area contributed by atoms with Crippen molar-refractivity contribution in [1.82, 2.24) is 25.7 Å². The number of amides is 2. The predicted octanol–water partition coefficient (Wildman–Crippen LogP) is 0.517. The zero-order valence-corrected chi connectivity index (χ0v) is 15.4. The average molecular weight is 371 g/mol. The Morgan fingerprint density at radius 3 is 2.52 bits per heavy atom. The van der Waals surface area contributed by atoms with Crippen LogP contribution in [0.1, 0.15) is 23.2 Å². The summed E-state index contributed by atoms with van der Waals surface area (Å²) in [6.45, 7) is 2.24. The van der Waals surface area contributed by atoms with Crippen LogP contribution < -0.4 is 20.7 Å². The molecule has 3 rings (SSSR count). The van der Waals surface area contributed by atoms with Crippen LogP contribution in [0.15, 0.2) is 42.7 Å². The Labute approximate surface area is 158 Å². The molecular weight excluding hydrogens is 346 g/mol. The highest BCUT2D eigenvalue weighted by molar-refractivity contribution is 5.94. The molecule has 2 amide bonds. The first-order valence-corrected chi connectivity index (χ1v) is 9.07. The Kier molecular flexibility index (Phi) is 6.08. The number of hydrogen-bond acceptors (Lipinski definition) is 5. The van der Waals surface area contributed by atoms with E-state index in [0.29, 0.717) is 37.2 Å². The summed E-state index contributed by atoms with van der Waals surface area (Å²) in [6, 6.07) is 8.71. The third-order valence-corrected chi connectivity index (χ3v) is 4.84. The summed E-state index contributed by atoms with van der Waals surface area (Å²) < 4.78 is 6.83. The third kappa shape index (κ3) is 4.28. The van der Waals surface area contributed by atoms with Crippen LogP contribution in [0.2, 0.25) is 0 Å². The van der Waals surface area contributed by atoms with Crippen molar-refractivity contribution in [2.75, 3.05) is 33.3 Å². The fraction of sp³-hybridized carbons (Fsp3) is 0.421. The monoisotopic (exact) mass is 371 g/mol. The van der Waals surface area contributed by atoms with Gasteiger partial charge >= 0.3 is 0 Å². The Morgan fingerprint density at radius 1 is 1.19 bits per heavy atom. The normalized spacial score (nSPS) is 15.7. The average Bonchev–Trinajstić information content (AvgIpc) is 3.27. The molecule has 1 aliphatic rings. The lowest BCUT2D eigenvalue weighted by atomic mass is 9.87. The highest BCUT2D eigenvalue weighted by Crippen LogP contribution is 2.27. The predicted molar refractivity (Wildman–Crippen MR) is 101 cm³/mol. The molecule has 0 spiro atoms. The summed E-state index contributed by atoms with van der Waals surface area (Å²) in [5, 5.41) is 13.3. The number of carbonyl (C=O) groups excluding carboxylic acids is 2. The number of ether oxygens (including phenoxy) is 1. The van der Waals surface area contributed by atoms with Gasteiger partial charge in [-0.2, -0.15) is 5.10 Å². The van der Waals surface area contributed by atoms with Crippen LogP contribution in [-0.2, 0) is 10.3 Å². The minimum Gasteiger partial charge on any atom is -0.497 e. The minimum absolute atomic E-state index is 0.0635. The molecule has 0 atom stereocenters. The number of carbonyl (C=O) groups is 2. The van der Waals surface area contributed by atoms with Crippen molar-refractivity contribution in [3.8, 4) is 5.75 Å². The Morgan fingerprint density at radius 2 is 1.89 bits per heavy atom. The fourth-order valence-corrected chi connectivity index (χ4v) is 3.28.